The zero-order valence-corrected chi connectivity index (χ0v) is 12.6. The van der Waals surface area contributed by atoms with Crippen LogP contribution < -0.4 is 5.73 Å². The third-order valence-corrected chi connectivity index (χ3v) is 4.17. The molecule has 3 atom stereocenters. The van der Waals surface area contributed by atoms with Crippen molar-refractivity contribution in [2.45, 2.75) is 51.2 Å². The Labute approximate surface area is 121 Å². The summed E-state index contributed by atoms with van der Waals surface area (Å²) in [6.07, 6.45) is 5.25. The van der Waals surface area contributed by atoms with Crippen LogP contribution in [0.2, 0.25) is 0 Å². The molecular weight excluding hydrogens is 256 g/mol. The summed E-state index contributed by atoms with van der Waals surface area (Å²) < 4.78 is 11.3. The van der Waals surface area contributed by atoms with Crippen LogP contribution in [0, 0.1) is 5.92 Å². The first-order valence-electron chi connectivity index (χ1n) is 7.90. The van der Waals surface area contributed by atoms with E-state index in [1.54, 1.807) is 0 Å². The molecule has 2 aliphatic heterocycles. The van der Waals surface area contributed by atoms with E-state index in [0.717, 1.165) is 38.9 Å². The van der Waals surface area contributed by atoms with Gasteiger partial charge in [-0.15, -0.1) is 0 Å². The first kappa shape index (κ1) is 15.7. The van der Waals surface area contributed by atoms with Crippen molar-refractivity contribution in [2.75, 3.05) is 32.8 Å². The fourth-order valence-electron chi connectivity index (χ4n) is 2.86. The lowest BCUT2D eigenvalue weighted by Crippen LogP contribution is -2.42. The van der Waals surface area contributed by atoms with Gasteiger partial charge in [0.15, 0.2) is 0 Å². The third kappa shape index (κ3) is 4.72. The minimum atomic E-state index is 0.189. The SMILES string of the molecule is CC(CN)CC(=O)N(CC1CCCO1)CC1CCCO1. The van der Waals surface area contributed by atoms with Crippen LogP contribution >= 0.6 is 0 Å². The lowest BCUT2D eigenvalue weighted by Gasteiger charge is -2.28. The topological polar surface area (TPSA) is 64.8 Å². The minimum absolute atomic E-state index is 0.189. The van der Waals surface area contributed by atoms with Gasteiger partial charge in [-0.1, -0.05) is 6.92 Å². The highest BCUT2D eigenvalue weighted by molar-refractivity contribution is 5.76. The van der Waals surface area contributed by atoms with Gasteiger partial charge in [0.1, 0.15) is 0 Å². The van der Waals surface area contributed by atoms with Gasteiger partial charge in [0.25, 0.3) is 0 Å². The molecule has 0 aromatic carbocycles. The molecule has 1 amide bonds. The summed E-state index contributed by atoms with van der Waals surface area (Å²) in [7, 11) is 0. The monoisotopic (exact) mass is 284 g/mol. The molecule has 0 aliphatic carbocycles. The Morgan fingerprint density at radius 2 is 1.75 bits per heavy atom. The average Bonchev–Trinajstić information content (AvgIpc) is 3.11. The number of carbonyl (C=O) groups excluding carboxylic acids is 1. The van der Waals surface area contributed by atoms with Gasteiger partial charge in [0.05, 0.1) is 12.2 Å². The van der Waals surface area contributed by atoms with Gasteiger partial charge >= 0.3 is 0 Å². The molecule has 2 heterocycles. The largest absolute Gasteiger partial charge is 0.376 e. The summed E-state index contributed by atoms with van der Waals surface area (Å²) in [6, 6.07) is 0. The van der Waals surface area contributed by atoms with Gasteiger partial charge in [-0.25, -0.2) is 0 Å². The first-order chi connectivity index (χ1) is 9.69. The van der Waals surface area contributed by atoms with Crippen molar-refractivity contribution in [3.05, 3.63) is 0 Å². The molecule has 2 aliphatic rings. The molecule has 0 bridgehead atoms. The Bertz CT molecular complexity index is 281. The molecule has 0 saturated carbocycles. The predicted octanol–water partition coefficient (Wildman–Crippen LogP) is 1.16. The van der Waals surface area contributed by atoms with Gasteiger partial charge in [0.2, 0.25) is 5.91 Å². The van der Waals surface area contributed by atoms with Gasteiger partial charge < -0.3 is 20.1 Å². The number of carbonyl (C=O) groups is 1. The Hall–Kier alpha value is -0.650. The molecule has 116 valence electrons. The second-order valence-electron chi connectivity index (χ2n) is 6.11. The van der Waals surface area contributed by atoms with Crippen LogP contribution in [0.4, 0.5) is 0 Å². The zero-order chi connectivity index (χ0) is 14.4. The van der Waals surface area contributed by atoms with Gasteiger partial charge in [-0.05, 0) is 38.1 Å². The summed E-state index contributed by atoms with van der Waals surface area (Å²) in [4.78, 5) is 14.4. The van der Waals surface area contributed by atoms with Crippen LogP contribution in [0.1, 0.15) is 39.0 Å². The second-order valence-corrected chi connectivity index (χ2v) is 6.11. The quantitative estimate of drug-likeness (QED) is 0.762. The fraction of sp³-hybridized carbons (Fsp3) is 0.933. The molecule has 0 aromatic rings. The van der Waals surface area contributed by atoms with E-state index in [1.165, 1.54) is 0 Å². The van der Waals surface area contributed by atoms with E-state index in [0.29, 0.717) is 26.1 Å². The Kier molecular flexibility index (Phi) is 6.26. The number of hydrogen-bond acceptors (Lipinski definition) is 4. The minimum Gasteiger partial charge on any atom is -0.376 e. The molecule has 2 N–H and O–H groups in total. The molecule has 5 nitrogen and oxygen atoms in total. The average molecular weight is 284 g/mol. The van der Waals surface area contributed by atoms with E-state index in [2.05, 4.69) is 0 Å². The maximum Gasteiger partial charge on any atom is 0.223 e. The number of nitrogens with zero attached hydrogens (tertiary/aromatic N) is 1. The Balaban J connectivity index is 1.88. The molecule has 20 heavy (non-hydrogen) atoms. The molecule has 0 spiro atoms. The first-order valence-corrected chi connectivity index (χ1v) is 7.90. The van der Waals surface area contributed by atoms with Crippen molar-refractivity contribution in [3.8, 4) is 0 Å². The fourth-order valence-corrected chi connectivity index (χ4v) is 2.86. The van der Waals surface area contributed by atoms with Gasteiger partial charge in [-0.2, -0.15) is 0 Å². The molecular formula is C15H28N2O3. The number of amides is 1. The van der Waals surface area contributed by atoms with Crippen LogP contribution in [0.15, 0.2) is 0 Å². The highest BCUT2D eigenvalue weighted by atomic mass is 16.5. The van der Waals surface area contributed by atoms with E-state index in [9.17, 15) is 4.79 Å². The summed E-state index contributed by atoms with van der Waals surface area (Å²) in [5, 5.41) is 0. The van der Waals surface area contributed by atoms with Gasteiger partial charge in [0, 0.05) is 32.7 Å². The lowest BCUT2D eigenvalue weighted by atomic mass is 10.1. The normalized spacial score (nSPS) is 27.7. The standard InChI is InChI=1S/C15H28N2O3/c1-12(9-16)8-15(18)17(10-13-4-2-6-19-13)11-14-5-3-7-20-14/h12-14H,2-11,16H2,1H3. The highest BCUT2D eigenvalue weighted by Gasteiger charge is 2.27. The van der Waals surface area contributed by atoms with Crippen molar-refractivity contribution in [2.24, 2.45) is 11.7 Å². The maximum atomic E-state index is 12.4. The van der Waals surface area contributed by atoms with Crippen molar-refractivity contribution in [3.63, 3.8) is 0 Å². The summed E-state index contributed by atoms with van der Waals surface area (Å²) >= 11 is 0. The summed E-state index contributed by atoms with van der Waals surface area (Å²) in [6.45, 7) is 5.64. The van der Waals surface area contributed by atoms with E-state index < -0.39 is 0 Å². The third-order valence-electron chi connectivity index (χ3n) is 4.17. The highest BCUT2D eigenvalue weighted by Crippen LogP contribution is 2.18. The van der Waals surface area contributed by atoms with Crippen molar-refractivity contribution in [1.29, 1.82) is 0 Å². The number of hydrogen-bond donors (Lipinski definition) is 1. The lowest BCUT2D eigenvalue weighted by molar-refractivity contribution is -0.135. The van der Waals surface area contributed by atoms with Crippen molar-refractivity contribution >= 4 is 5.91 Å². The molecule has 3 unspecified atom stereocenters. The maximum absolute atomic E-state index is 12.4. The van der Waals surface area contributed by atoms with E-state index in [1.807, 2.05) is 11.8 Å². The molecule has 0 aromatic heterocycles. The molecule has 2 rings (SSSR count). The van der Waals surface area contributed by atoms with Crippen LogP contribution in [0.5, 0.6) is 0 Å². The van der Waals surface area contributed by atoms with Crippen molar-refractivity contribution < 1.29 is 14.3 Å². The smallest absolute Gasteiger partial charge is 0.223 e. The zero-order valence-electron chi connectivity index (χ0n) is 12.6. The second kappa shape index (κ2) is 7.96. The summed E-state index contributed by atoms with van der Waals surface area (Å²) in [5.41, 5.74) is 5.63. The van der Waals surface area contributed by atoms with E-state index in [4.69, 9.17) is 15.2 Å². The number of nitrogens with two attached hydrogens (primary N) is 1. The predicted molar refractivity (Wildman–Crippen MR) is 77.4 cm³/mol. The van der Waals surface area contributed by atoms with Crippen LogP contribution in [-0.2, 0) is 14.3 Å². The Morgan fingerprint density at radius 1 is 1.20 bits per heavy atom. The van der Waals surface area contributed by atoms with Crippen LogP contribution in [-0.4, -0.2) is 55.9 Å². The van der Waals surface area contributed by atoms with Gasteiger partial charge in [-0.3, -0.25) is 4.79 Å². The van der Waals surface area contributed by atoms with Crippen molar-refractivity contribution in [1.82, 2.24) is 4.90 Å². The molecule has 5 heteroatoms. The van der Waals surface area contributed by atoms with E-state index >= 15 is 0 Å². The van der Waals surface area contributed by atoms with Crippen LogP contribution in [0.3, 0.4) is 0 Å². The number of ether oxygens (including phenoxy) is 2. The van der Waals surface area contributed by atoms with E-state index in [-0.39, 0.29) is 24.0 Å². The Morgan fingerprint density at radius 3 is 2.15 bits per heavy atom. The molecule has 2 saturated heterocycles. The summed E-state index contributed by atoms with van der Waals surface area (Å²) in [5.74, 6) is 0.424. The van der Waals surface area contributed by atoms with Crippen LogP contribution in [0.25, 0.3) is 0 Å². The molecule has 0 radical (unpaired) electrons. The number of rotatable bonds is 7. The molecule has 2 fully saturated rings.